The van der Waals surface area contributed by atoms with E-state index in [0.29, 0.717) is 21.1 Å². The van der Waals surface area contributed by atoms with Gasteiger partial charge in [-0.3, -0.25) is 0 Å². The summed E-state index contributed by atoms with van der Waals surface area (Å²) in [4.78, 5) is 16.9. The lowest BCUT2D eigenvalue weighted by Crippen LogP contribution is -2.01. The van der Waals surface area contributed by atoms with Crippen molar-refractivity contribution in [1.82, 2.24) is 4.98 Å². The van der Waals surface area contributed by atoms with E-state index in [-0.39, 0.29) is 0 Å². The summed E-state index contributed by atoms with van der Waals surface area (Å²) in [7, 11) is 2.89. The van der Waals surface area contributed by atoms with Gasteiger partial charge in [-0.1, -0.05) is 0 Å². The molecule has 0 saturated carbocycles. The second kappa shape index (κ2) is 4.21. The molecule has 0 aliphatic rings. The first kappa shape index (κ1) is 11.7. The van der Waals surface area contributed by atoms with Gasteiger partial charge in [0.25, 0.3) is 0 Å². The largest absolute Gasteiger partial charge is 0.495 e. The molecule has 0 saturated heterocycles. The van der Waals surface area contributed by atoms with Crippen LogP contribution in [-0.4, -0.2) is 25.2 Å². The molecule has 0 aromatic carbocycles. The minimum Gasteiger partial charge on any atom is -0.495 e. The van der Waals surface area contributed by atoms with Crippen LogP contribution >= 0.6 is 11.3 Å². The van der Waals surface area contributed by atoms with Gasteiger partial charge in [0.05, 0.1) is 25.6 Å². The Kier molecular flexibility index (Phi) is 2.89. The van der Waals surface area contributed by atoms with Crippen molar-refractivity contribution < 1.29 is 14.3 Å². The highest BCUT2D eigenvalue weighted by molar-refractivity contribution is 7.21. The molecule has 0 spiro atoms. The average molecular weight is 252 g/mol. The van der Waals surface area contributed by atoms with Gasteiger partial charge >= 0.3 is 5.97 Å². The van der Waals surface area contributed by atoms with Crippen molar-refractivity contribution in [2.24, 2.45) is 0 Å². The summed E-state index contributed by atoms with van der Waals surface area (Å²) < 4.78 is 9.84. The molecule has 0 aliphatic carbocycles. The minimum atomic E-state index is -0.442. The third-order valence-corrected chi connectivity index (χ3v) is 3.55. The number of ether oxygens (including phenoxy) is 2. The fraction of sp³-hybridized carbons (Fsp3) is 0.273. The predicted molar refractivity (Wildman–Crippen MR) is 66.7 cm³/mol. The maximum absolute atomic E-state index is 11.5. The molecule has 90 valence electrons. The predicted octanol–water partition coefficient (Wildman–Crippen LogP) is 1.98. The molecule has 0 aliphatic heterocycles. The number of hydrogen-bond donors (Lipinski definition) is 1. The highest BCUT2D eigenvalue weighted by Crippen LogP contribution is 2.35. The Balaban J connectivity index is 2.70. The van der Waals surface area contributed by atoms with Gasteiger partial charge in [0.15, 0.2) is 0 Å². The van der Waals surface area contributed by atoms with Gasteiger partial charge in [-0.25, -0.2) is 9.78 Å². The molecular formula is C11H12N2O3S. The van der Waals surface area contributed by atoms with Crippen molar-refractivity contribution in [3.8, 4) is 5.75 Å². The van der Waals surface area contributed by atoms with E-state index in [1.165, 1.54) is 18.4 Å². The molecule has 2 N–H and O–H groups in total. The molecule has 17 heavy (non-hydrogen) atoms. The van der Waals surface area contributed by atoms with Crippen LogP contribution in [-0.2, 0) is 4.74 Å². The number of nitrogens with zero attached hydrogens (tertiary/aromatic N) is 1. The van der Waals surface area contributed by atoms with E-state index < -0.39 is 5.97 Å². The number of carbonyl (C=O) groups excluding carboxylic acids is 1. The van der Waals surface area contributed by atoms with Gasteiger partial charge in [0, 0.05) is 5.39 Å². The van der Waals surface area contributed by atoms with Crippen LogP contribution in [0.15, 0.2) is 6.07 Å². The minimum absolute atomic E-state index is 0.377. The smallest absolute Gasteiger partial charge is 0.350 e. The molecule has 5 nitrogen and oxygen atoms in total. The van der Waals surface area contributed by atoms with E-state index >= 15 is 0 Å². The maximum Gasteiger partial charge on any atom is 0.350 e. The second-order valence-corrected chi connectivity index (χ2v) is 4.46. The summed E-state index contributed by atoms with van der Waals surface area (Å²) in [5.74, 6) is 0.209. The topological polar surface area (TPSA) is 74.4 Å². The summed E-state index contributed by atoms with van der Waals surface area (Å²) >= 11 is 1.22. The van der Waals surface area contributed by atoms with Gasteiger partial charge in [-0.05, 0) is 13.0 Å². The van der Waals surface area contributed by atoms with Crippen LogP contribution < -0.4 is 10.5 Å². The molecule has 2 aromatic rings. The van der Waals surface area contributed by atoms with Crippen LogP contribution in [0.5, 0.6) is 5.75 Å². The number of methoxy groups -OCH3 is 2. The Morgan fingerprint density at radius 3 is 2.76 bits per heavy atom. The molecule has 2 heterocycles. The van der Waals surface area contributed by atoms with E-state index in [1.807, 2.05) is 6.92 Å². The van der Waals surface area contributed by atoms with Crippen LogP contribution in [0.1, 0.15) is 15.4 Å². The normalized spacial score (nSPS) is 10.5. The Labute approximate surface area is 102 Å². The highest BCUT2D eigenvalue weighted by atomic mass is 32.1. The number of hydrogen-bond acceptors (Lipinski definition) is 6. The first-order chi connectivity index (χ1) is 8.08. The number of nitrogen functional groups attached to an aromatic ring is 1. The zero-order valence-corrected chi connectivity index (χ0v) is 10.6. The summed E-state index contributed by atoms with van der Waals surface area (Å²) in [6, 6.07) is 1.79. The summed E-state index contributed by atoms with van der Waals surface area (Å²) in [5.41, 5.74) is 7.06. The summed E-state index contributed by atoms with van der Waals surface area (Å²) in [6.07, 6.45) is 0. The molecule has 0 amide bonds. The molecule has 0 fully saturated rings. The average Bonchev–Trinajstić information content (AvgIpc) is 2.64. The number of anilines is 1. The molecule has 0 unspecified atom stereocenters. The van der Waals surface area contributed by atoms with Crippen LogP contribution in [0, 0.1) is 6.92 Å². The van der Waals surface area contributed by atoms with Crippen molar-refractivity contribution >= 4 is 33.2 Å². The molecular weight excluding hydrogens is 240 g/mol. The van der Waals surface area contributed by atoms with E-state index in [9.17, 15) is 4.79 Å². The van der Waals surface area contributed by atoms with Crippen molar-refractivity contribution in [3.05, 3.63) is 16.6 Å². The van der Waals surface area contributed by atoms with Gasteiger partial charge in [0.2, 0.25) is 0 Å². The fourth-order valence-electron chi connectivity index (χ4n) is 1.56. The first-order valence-corrected chi connectivity index (χ1v) is 5.72. The Morgan fingerprint density at radius 2 is 2.18 bits per heavy atom. The zero-order chi connectivity index (χ0) is 12.6. The van der Waals surface area contributed by atoms with Gasteiger partial charge in [-0.15, -0.1) is 11.3 Å². The summed E-state index contributed by atoms with van der Waals surface area (Å²) in [5, 5.41) is 0.720. The lowest BCUT2D eigenvalue weighted by molar-refractivity contribution is 0.0607. The Hall–Kier alpha value is -1.82. The van der Waals surface area contributed by atoms with Crippen molar-refractivity contribution in [1.29, 1.82) is 0 Å². The quantitative estimate of drug-likeness (QED) is 0.827. The second-order valence-electron chi connectivity index (χ2n) is 3.47. The van der Waals surface area contributed by atoms with E-state index in [4.69, 9.17) is 10.5 Å². The number of esters is 1. The Morgan fingerprint density at radius 1 is 1.47 bits per heavy atom. The van der Waals surface area contributed by atoms with Crippen LogP contribution in [0.2, 0.25) is 0 Å². The van der Waals surface area contributed by atoms with Crippen LogP contribution in [0.3, 0.4) is 0 Å². The third kappa shape index (κ3) is 1.80. The SMILES string of the molecule is COC(=O)c1sc2nc(C)c(OC)cc2c1N. The van der Waals surface area contributed by atoms with Crippen molar-refractivity contribution in [3.63, 3.8) is 0 Å². The molecule has 6 heteroatoms. The first-order valence-electron chi connectivity index (χ1n) is 4.90. The monoisotopic (exact) mass is 252 g/mol. The lowest BCUT2D eigenvalue weighted by atomic mass is 10.2. The zero-order valence-electron chi connectivity index (χ0n) is 9.73. The van der Waals surface area contributed by atoms with Crippen molar-refractivity contribution in [2.45, 2.75) is 6.92 Å². The number of aryl methyl sites for hydroxylation is 1. The number of rotatable bonds is 2. The highest BCUT2D eigenvalue weighted by Gasteiger charge is 2.18. The number of nitrogens with two attached hydrogens (primary N) is 1. The van der Waals surface area contributed by atoms with Crippen LogP contribution in [0.4, 0.5) is 5.69 Å². The molecule has 2 rings (SSSR count). The van der Waals surface area contributed by atoms with E-state index in [0.717, 1.165) is 11.1 Å². The molecule has 0 atom stereocenters. The molecule has 2 aromatic heterocycles. The number of carbonyl (C=O) groups is 1. The lowest BCUT2D eigenvalue weighted by Gasteiger charge is -2.03. The van der Waals surface area contributed by atoms with Crippen molar-refractivity contribution in [2.75, 3.05) is 20.0 Å². The summed E-state index contributed by atoms with van der Waals surface area (Å²) in [6.45, 7) is 1.84. The van der Waals surface area contributed by atoms with Gasteiger partial charge in [-0.2, -0.15) is 0 Å². The van der Waals surface area contributed by atoms with Gasteiger partial charge < -0.3 is 15.2 Å². The standard InChI is InChI=1S/C11H12N2O3S/c1-5-7(15-2)4-6-8(12)9(11(14)16-3)17-10(6)13-5/h4H,12H2,1-3H3. The van der Waals surface area contributed by atoms with Crippen LogP contribution in [0.25, 0.3) is 10.2 Å². The maximum atomic E-state index is 11.5. The fourth-order valence-corrected chi connectivity index (χ4v) is 2.60. The molecule has 0 bridgehead atoms. The number of aromatic nitrogens is 1. The number of pyridine rings is 1. The number of thiophene rings is 1. The molecule has 0 radical (unpaired) electrons. The third-order valence-electron chi connectivity index (χ3n) is 2.46. The van der Waals surface area contributed by atoms with Gasteiger partial charge in [0.1, 0.15) is 15.5 Å². The van der Waals surface area contributed by atoms with E-state index in [2.05, 4.69) is 9.72 Å². The van der Waals surface area contributed by atoms with E-state index in [1.54, 1.807) is 13.2 Å². The number of fused-ring (bicyclic) bond motifs is 1. The Bertz CT molecular complexity index is 592.